The first-order chi connectivity index (χ1) is 8.54. The van der Waals surface area contributed by atoms with Crippen molar-refractivity contribution in [3.8, 4) is 0 Å². The van der Waals surface area contributed by atoms with Gasteiger partial charge in [0.25, 0.3) is 0 Å². The smallest absolute Gasteiger partial charge is 0.244 e. The van der Waals surface area contributed by atoms with Crippen LogP contribution in [-0.2, 0) is 10.0 Å². The predicted molar refractivity (Wildman–Crippen MR) is 70.9 cm³/mol. The third-order valence-corrected chi connectivity index (χ3v) is 4.97. The summed E-state index contributed by atoms with van der Waals surface area (Å²) in [6, 6.07) is 3.32. The lowest BCUT2D eigenvalue weighted by Crippen LogP contribution is -2.28. The van der Waals surface area contributed by atoms with Gasteiger partial charge in [0.1, 0.15) is 10.7 Å². The average molecular weight is 269 g/mol. The Morgan fingerprint density at radius 3 is 2.78 bits per heavy atom. The van der Waals surface area contributed by atoms with Crippen LogP contribution in [0, 0.1) is 5.92 Å². The van der Waals surface area contributed by atoms with Crippen LogP contribution in [0.5, 0.6) is 0 Å². The van der Waals surface area contributed by atoms with Crippen molar-refractivity contribution < 1.29 is 8.42 Å². The highest BCUT2D eigenvalue weighted by molar-refractivity contribution is 7.89. The van der Waals surface area contributed by atoms with Gasteiger partial charge in [0, 0.05) is 25.8 Å². The van der Waals surface area contributed by atoms with E-state index in [9.17, 15) is 8.42 Å². The van der Waals surface area contributed by atoms with Gasteiger partial charge in [0.15, 0.2) is 0 Å². The first-order valence-corrected chi connectivity index (χ1v) is 7.68. The zero-order chi connectivity index (χ0) is 13.2. The first kappa shape index (κ1) is 13.3. The van der Waals surface area contributed by atoms with E-state index in [4.69, 9.17) is 0 Å². The van der Waals surface area contributed by atoms with Gasteiger partial charge in [0.2, 0.25) is 10.0 Å². The fraction of sp³-hybridized carbons (Fsp3) is 0.583. The molecule has 0 aliphatic carbocycles. The van der Waals surface area contributed by atoms with Crippen LogP contribution in [0.2, 0.25) is 0 Å². The lowest BCUT2D eigenvalue weighted by Gasteiger charge is -2.15. The molecule has 0 bridgehead atoms. The molecule has 0 amide bonds. The SMILES string of the molecule is CCNc1ccc(S(=O)(=O)N2CCC(C)C2)cn1. The van der Waals surface area contributed by atoms with Crippen molar-refractivity contribution in [2.24, 2.45) is 5.92 Å². The Kier molecular flexibility index (Phi) is 3.87. The maximum absolute atomic E-state index is 12.3. The van der Waals surface area contributed by atoms with Crippen molar-refractivity contribution in [1.29, 1.82) is 0 Å². The zero-order valence-corrected chi connectivity index (χ0v) is 11.6. The molecule has 1 unspecified atom stereocenters. The molecule has 1 aliphatic heterocycles. The van der Waals surface area contributed by atoms with E-state index < -0.39 is 10.0 Å². The van der Waals surface area contributed by atoms with Crippen molar-refractivity contribution >= 4 is 15.8 Å². The molecule has 5 nitrogen and oxygen atoms in total. The molecule has 2 heterocycles. The molecule has 1 saturated heterocycles. The molecule has 100 valence electrons. The van der Waals surface area contributed by atoms with Crippen LogP contribution < -0.4 is 5.32 Å². The van der Waals surface area contributed by atoms with E-state index in [1.54, 1.807) is 16.4 Å². The van der Waals surface area contributed by atoms with Gasteiger partial charge in [-0.2, -0.15) is 4.31 Å². The van der Waals surface area contributed by atoms with Gasteiger partial charge >= 0.3 is 0 Å². The number of hydrogen-bond donors (Lipinski definition) is 1. The molecule has 1 atom stereocenters. The summed E-state index contributed by atoms with van der Waals surface area (Å²) in [6.45, 7) is 6.03. The molecule has 1 aromatic heterocycles. The van der Waals surface area contributed by atoms with Crippen molar-refractivity contribution in [1.82, 2.24) is 9.29 Å². The van der Waals surface area contributed by atoms with Crippen LogP contribution in [0.4, 0.5) is 5.82 Å². The minimum atomic E-state index is -3.36. The van der Waals surface area contributed by atoms with Gasteiger partial charge < -0.3 is 5.32 Å². The molecule has 2 rings (SSSR count). The molecule has 0 spiro atoms. The maximum Gasteiger partial charge on any atom is 0.244 e. The zero-order valence-electron chi connectivity index (χ0n) is 10.8. The first-order valence-electron chi connectivity index (χ1n) is 6.24. The molecule has 18 heavy (non-hydrogen) atoms. The highest BCUT2D eigenvalue weighted by atomic mass is 32.2. The van der Waals surface area contributed by atoms with E-state index in [1.165, 1.54) is 6.20 Å². The fourth-order valence-corrected chi connectivity index (χ4v) is 3.60. The normalized spacial score (nSPS) is 21.1. The summed E-state index contributed by atoms with van der Waals surface area (Å²) >= 11 is 0. The van der Waals surface area contributed by atoms with Crippen LogP contribution in [-0.4, -0.2) is 37.3 Å². The van der Waals surface area contributed by atoms with E-state index in [1.807, 2.05) is 6.92 Å². The molecule has 6 heteroatoms. The molecule has 1 aliphatic rings. The van der Waals surface area contributed by atoms with E-state index >= 15 is 0 Å². The number of pyridine rings is 1. The standard InChI is InChI=1S/C12H19N3O2S/c1-3-13-12-5-4-11(8-14-12)18(16,17)15-7-6-10(2)9-15/h4-5,8,10H,3,6-7,9H2,1-2H3,(H,13,14). The lowest BCUT2D eigenvalue weighted by atomic mass is 10.2. The molecule has 1 aromatic rings. The number of nitrogens with one attached hydrogen (secondary N) is 1. The summed E-state index contributed by atoms with van der Waals surface area (Å²) in [7, 11) is -3.36. The molecule has 1 N–H and O–H groups in total. The lowest BCUT2D eigenvalue weighted by molar-refractivity contribution is 0.464. The molecule has 0 aromatic carbocycles. The van der Waals surface area contributed by atoms with Crippen LogP contribution in [0.1, 0.15) is 20.3 Å². The average Bonchev–Trinajstić information content (AvgIpc) is 2.78. The third kappa shape index (κ3) is 2.64. The van der Waals surface area contributed by atoms with Crippen molar-refractivity contribution in [3.63, 3.8) is 0 Å². The summed E-state index contributed by atoms with van der Waals surface area (Å²) < 4.78 is 26.2. The van der Waals surface area contributed by atoms with E-state index in [0.29, 0.717) is 24.8 Å². The van der Waals surface area contributed by atoms with Crippen LogP contribution in [0.15, 0.2) is 23.2 Å². The minimum Gasteiger partial charge on any atom is -0.370 e. The second-order valence-corrected chi connectivity index (χ2v) is 6.60. The van der Waals surface area contributed by atoms with Crippen LogP contribution in [0.3, 0.4) is 0 Å². The quantitative estimate of drug-likeness (QED) is 0.900. The molecule has 0 saturated carbocycles. The number of sulfonamides is 1. The summed E-state index contributed by atoms with van der Waals surface area (Å²) in [6.07, 6.45) is 2.36. The summed E-state index contributed by atoms with van der Waals surface area (Å²) in [5, 5.41) is 3.04. The number of aromatic nitrogens is 1. The Hall–Kier alpha value is -1.14. The van der Waals surface area contributed by atoms with E-state index in [0.717, 1.165) is 13.0 Å². The Bertz CT molecular complexity index is 499. The Balaban J connectivity index is 2.19. The number of nitrogens with zero attached hydrogens (tertiary/aromatic N) is 2. The van der Waals surface area contributed by atoms with Crippen molar-refractivity contribution in [2.45, 2.75) is 25.2 Å². The number of anilines is 1. The van der Waals surface area contributed by atoms with Crippen LogP contribution >= 0.6 is 0 Å². The van der Waals surface area contributed by atoms with Crippen LogP contribution in [0.25, 0.3) is 0 Å². The predicted octanol–water partition coefficient (Wildman–Crippen LogP) is 1.54. The molecular weight excluding hydrogens is 250 g/mol. The van der Waals surface area contributed by atoms with E-state index in [-0.39, 0.29) is 4.90 Å². The summed E-state index contributed by atoms with van der Waals surface area (Å²) in [4.78, 5) is 4.38. The Morgan fingerprint density at radius 2 is 2.28 bits per heavy atom. The van der Waals surface area contributed by atoms with Gasteiger partial charge in [-0.1, -0.05) is 6.92 Å². The highest BCUT2D eigenvalue weighted by Crippen LogP contribution is 2.23. The number of hydrogen-bond acceptors (Lipinski definition) is 4. The van der Waals surface area contributed by atoms with Gasteiger partial charge in [0.05, 0.1) is 0 Å². The molecular formula is C12H19N3O2S. The Labute approximate surface area is 108 Å². The van der Waals surface area contributed by atoms with Crippen molar-refractivity contribution in [3.05, 3.63) is 18.3 Å². The fourth-order valence-electron chi connectivity index (χ4n) is 2.08. The molecule has 0 radical (unpaired) electrons. The third-order valence-electron chi connectivity index (χ3n) is 3.12. The van der Waals surface area contributed by atoms with Gasteiger partial charge in [-0.15, -0.1) is 0 Å². The summed E-state index contributed by atoms with van der Waals surface area (Å²) in [5.74, 6) is 1.14. The van der Waals surface area contributed by atoms with Gasteiger partial charge in [-0.25, -0.2) is 13.4 Å². The highest BCUT2D eigenvalue weighted by Gasteiger charge is 2.30. The molecule has 1 fully saturated rings. The monoisotopic (exact) mass is 269 g/mol. The minimum absolute atomic E-state index is 0.276. The van der Waals surface area contributed by atoms with Crippen molar-refractivity contribution in [2.75, 3.05) is 25.0 Å². The second-order valence-electron chi connectivity index (χ2n) is 4.67. The second kappa shape index (κ2) is 5.24. The summed E-state index contributed by atoms with van der Waals surface area (Å²) in [5.41, 5.74) is 0. The maximum atomic E-state index is 12.3. The topological polar surface area (TPSA) is 62.3 Å². The number of rotatable bonds is 4. The largest absolute Gasteiger partial charge is 0.370 e. The van der Waals surface area contributed by atoms with Gasteiger partial charge in [-0.05, 0) is 31.4 Å². The van der Waals surface area contributed by atoms with Gasteiger partial charge in [-0.3, -0.25) is 0 Å². The van der Waals surface area contributed by atoms with E-state index in [2.05, 4.69) is 17.2 Å². The Morgan fingerprint density at radius 1 is 1.50 bits per heavy atom.